The SMILES string of the molecule is CCCc1c(Cl)ccc2c(O)c(C(=O)OC)ncc12. The summed E-state index contributed by atoms with van der Waals surface area (Å²) in [7, 11) is 1.25. The number of ether oxygens (including phenoxy) is 1. The molecule has 0 fully saturated rings. The molecule has 19 heavy (non-hydrogen) atoms. The molecule has 0 aliphatic heterocycles. The van der Waals surface area contributed by atoms with Crippen LogP contribution in [0.15, 0.2) is 18.3 Å². The zero-order valence-electron chi connectivity index (χ0n) is 10.7. The van der Waals surface area contributed by atoms with Gasteiger partial charge in [0.2, 0.25) is 0 Å². The van der Waals surface area contributed by atoms with E-state index in [2.05, 4.69) is 9.72 Å². The topological polar surface area (TPSA) is 59.4 Å². The quantitative estimate of drug-likeness (QED) is 0.876. The van der Waals surface area contributed by atoms with Crippen LogP contribution in [0.2, 0.25) is 5.02 Å². The third-order valence-corrected chi connectivity index (χ3v) is 3.33. The molecule has 0 spiro atoms. The van der Waals surface area contributed by atoms with Gasteiger partial charge in [-0.05, 0) is 24.1 Å². The van der Waals surface area contributed by atoms with Crippen molar-refractivity contribution in [1.29, 1.82) is 0 Å². The summed E-state index contributed by atoms with van der Waals surface area (Å²) in [5.41, 5.74) is 0.848. The number of nitrogens with zero attached hydrogens (tertiary/aromatic N) is 1. The fraction of sp³-hybridized carbons (Fsp3) is 0.286. The fourth-order valence-corrected chi connectivity index (χ4v) is 2.32. The standard InChI is InChI=1S/C14H14ClNO3/c1-3-4-8-10-7-16-12(14(18)19-2)13(17)9(10)5-6-11(8)15/h5-7,17H,3-4H2,1-2H3. The molecule has 1 heterocycles. The van der Waals surface area contributed by atoms with Crippen molar-refractivity contribution in [3.8, 4) is 5.75 Å². The van der Waals surface area contributed by atoms with Gasteiger partial charge in [0.05, 0.1) is 7.11 Å². The number of halogens is 1. The van der Waals surface area contributed by atoms with Crippen LogP contribution >= 0.6 is 11.6 Å². The summed E-state index contributed by atoms with van der Waals surface area (Å²) in [6, 6.07) is 3.40. The minimum atomic E-state index is -0.661. The van der Waals surface area contributed by atoms with Crippen molar-refractivity contribution in [3.05, 3.63) is 34.6 Å². The molecule has 0 aliphatic rings. The number of aryl methyl sites for hydroxylation is 1. The maximum atomic E-state index is 11.5. The average molecular weight is 280 g/mol. The molecule has 5 heteroatoms. The Kier molecular flexibility index (Phi) is 3.90. The van der Waals surface area contributed by atoms with Crippen LogP contribution in [-0.4, -0.2) is 23.2 Å². The first kappa shape index (κ1) is 13.6. The summed E-state index contributed by atoms with van der Waals surface area (Å²) < 4.78 is 4.58. The molecule has 0 unspecified atom stereocenters. The number of carbonyl (C=O) groups is 1. The van der Waals surface area contributed by atoms with E-state index in [0.29, 0.717) is 10.4 Å². The number of methoxy groups -OCH3 is 1. The Labute approximate surface area is 116 Å². The maximum absolute atomic E-state index is 11.5. The molecule has 1 aromatic heterocycles. The molecular weight excluding hydrogens is 266 g/mol. The van der Waals surface area contributed by atoms with Gasteiger partial charge in [0, 0.05) is 22.0 Å². The zero-order valence-corrected chi connectivity index (χ0v) is 11.5. The number of aromatic nitrogens is 1. The summed E-state index contributed by atoms with van der Waals surface area (Å²) >= 11 is 6.16. The Morgan fingerprint density at radius 2 is 2.16 bits per heavy atom. The lowest BCUT2D eigenvalue weighted by atomic mass is 10.0. The van der Waals surface area contributed by atoms with Crippen molar-refractivity contribution in [2.45, 2.75) is 19.8 Å². The van der Waals surface area contributed by atoms with E-state index in [-0.39, 0.29) is 11.4 Å². The lowest BCUT2D eigenvalue weighted by Gasteiger charge is -2.10. The van der Waals surface area contributed by atoms with Gasteiger partial charge in [0.25, 0.3) is 0 Å². The van der Waals surface area contributed by atoms with E-state index in [4.69, 9.17) is 11.6 Å². The molecule has 4 nitrogen and oxygen atoms in total. The van der Waals surface area contributed by atoms with Gasteiger partial charge in [-0.1, -0.05) is 24.9 Å². The molecule has 0 saturated heterocycles. The predicted octanol–water partition coefficient (Wildman–Crippen LogP) is 3.33. The van der Waals surface area contributed by atoms with Crippen molar-refractivity contribution in [3.63, 3.8) is 0 Å². The lowest BCUT2D eigenvalue weighted by molar-refractivity contribution is 0.0591. The van der Waals surface area contributed by atoms with Gasteiger partial charge in [-0.2, -0.15) is 0 Å². The second kappa shape index (κ2) is 5.45. The molecule has 0 radical (unpaired) electrons. The Morgan fingerprint density at radius 1 is 1.42 bits per heavy atom. The monoisotopic (exact) mass is 279 g/mol. The molecule has 0 atom stereocenters. The number of benzene rings is 1. The van der Waals surface area contributed by atoms with E-state index >= 15 is 0 Å². The number of hydrogen-bond donors (Lipinski definition) is 1. The van der Waals surface area contributed by atoms with E-state index in [0.717, 1.165) is 23.8 Å². The van der Waals surface area contributed by atoms with Gasteiger partial charge in [-0.3, -0.25) is 0 Å². The number of hydrogen-bond acceptors (Lipinski definition) is 4. The predicted molar refractivity (Wildman–Crippen MR) is 73.8 cm³/mol. The summed E-state index contributed by atoms with van der Waals surface area (Å²) in [5, 5.41) is 12.1. The van der Waals surface area contributed by atoms with Crippen molar-refractivity contribution in [2.24, 2.45) is 0 Å². The molecule has 1 aromatic carbocycles. The Bertz CT molecular complexity index is 640. The molecule has 0 aliphatic carbocycles. The molecule has 0 bridgehead atoms. The number of rotatable bonds is 3. The van der Waals surface area contributed by atoms with Crippen molar-refractivity contribution >= 4 is 28.3 Å². The van der Waals surface area contributed by atoms with Crippen LogP contribution in [0.3, 0.4) is 0 Å². The van der Waals surface area contributed by atoms with Gasteiger partial charge in [-0.25, -0.2) is 9.78 Å². The summed E-state index contributed by atoms with van der Waals surface area (Å²) in [5.74, 6) is -0.829. The summed E-state index contributed by atoms with van der Waals surface area (Å²) in [4.78, 5) is 15.5. The summed E-state index contributed by atoms with van der Waals surface area (Å²) in [6.07, 6.45) is 3.27. The molecule has 1 N–H and O–H groups in total. The first-order valence-electron chi connectivity index (χ1n) is 5.97. The van der Waals surface area contributed by atoms with Gasteiger partial charge >= 0.3 is 5.97 Å². The van der Waals surface area contributed by atoms with E-state index in [1.807, 2.05) is 6.92 Å². The zero-order chi connectivity index (χ0) is 14.0. The third kappa shape index (κ3) is 2.36. The van der Waals surface area contributed by atoms with Crippen LogP contribution < -0.4 is 0 Å². The molecular formula is C14H14ClNO3. The minimum Gasteiger partial charge on any atom is -0.505 e. The smallest absolute Gasteiger partial charge is 0.360 e. The van der Waals surface area contributed by atoms with Gasteiger partial charge in [0.1, 0.15) is 0 Å². The minimum absolute atomic E-state index is 0.0835. The number of pyridine rings is 1. The van der Waals surface area contributed by atoms with Crippen LogP contribution in [-0.2, 0) is 11.2 Å². The molecule has 100 valence electrons. The van der Waals surface area contributed by atoms with Crippen LogP contribution in [0.1, 0.15) is 29.4 Å². The summed E-state index contributed by atoms with van der Waals surface area (Å²) in [6.45, 7) is 2.05. The Hall–Kier alpha value is -1.81. The second-order valence-electron chi connectivity index (χ2n) is 4.18. The third-order valence-electron chi connectivity index (χ3n) is 2.98. The molecule has 2 rings (SSSR count). The van der Waals surface area contributed by atoms with Crippen molar-refractivity contribution < 1.29 is 14.6 Å². The van der Waals surface area contributed by atoms with E-state index < -0.39 is 5.97 Å². The van der Waals surface area contributed by atoms with Gasteiger partial charge < -0.3 is 9.84 Å². The molecule has 0 amide bonds. The highest BCUT2D eigenvalue weighted by atomic mass is 35.5. The van der Waals surface area contributed by atoms with E-state index in [1.165, 1.54) is 7.11 Å². The average Bonchev–Trinajstić information content (AvgIpc) is 2.41. The van der Waals surface area contributed by atoms with Crippen LogP contribution in [0.5, 0.6) is 5.75 Å². The van der Waals surface area contributed by atoms with Crippen LogP contribution in [0, 0.1) is 0 Å². The maximum Gasteiger partial charge on any atom is 0.360 e. The number of esters is 1. The van der Waals surface area contributed by atoms with Gasteiger partial charge in [-0.15, -0.1) is 0 Å². The number of aromatic hydroxyl groups is 1. The highest BCUT2D eigenvalue weighted by Gasteiger charge is 2.18. The highest BCUT2D eigenvalue weighted by Crippen LogP contribution is 2.33. The van der Waals surface area contributed by atoms with Crippen molar-refractivity contribution in [1.82, 2.24) is 4.98 Å². The highest BCUT2D eigenvalue weighted by molar-refractivity contribution is 6.32. The Balaban J connectivity index is 2.71. The van der Waals surface area contributed by atoms with Crippen LogP contribution in [0.25, 0.3) is 10.8 Å². The van der Waals surface area contributed by atoms with E-state index in [1.54, 1.807) is 18.3 Å². The van der Waals surface area contributed by atoms with E-state index in [9.17, 15) is 9.90 Å². The van der Waals surface area contributed by atoms with Crippen molar-refractivity contribution in [2.75, 3.05) is 7.11 Å². The Morgan fingerprint density at radius 3 is 2.79 bits per heavy atom. The van der Waals surface area contributed by atoms with Gasteiger partial charge in [0.15, 0.2) is 11.4 Å². The fourth-order valence-electron chi connectivity index (χ4n) is 2.06. The largest absolute Gasteiger partial charge is 0.505 e. The molecule has 0 saturated carbocycles. The molecule has 2 aromatic rings. The lowest BCUT2D eigenvalue weighted by Crippen LogP contribution is -2.05. The first-order chi connectivity index (χ1) is 9.10. The normalized spacial score (nSPS) is 10.7. The van der Waals surface area contributed by atoms with Crippen LogP contribution in [0.4, 0.5) is 0 Å². The number of carbonyl (C=O) groups excluding carboxylic acids is 1. The first-order valence-corrected chi connectivity index (χ1v) is 6.35. The second-order valence-corrected chi connectivity index (χ2v) is 4.59. The number of fused-ring (bicyclic) bond motifs is 1.